The molecule has 0 atom stereocenters. The molecular weight excluding hydrogens is 270 g/mol. The molecule has 22 heavy (non-hydrogen) atoms. The minimum absolute atomic E-state index is 0.732. The first-order valence-corrected chi connectivity index (χ1v) is 7.06. The van der Waals surface area contributed by atoms with Crippen molar-refractivity contribution in [1.29, 1.82) is 0 Å². The van der Waals surface area contributed by atoms with Crippen LogP contribution in [0.1, 0.15) is 5.69 Å². The van der Waals surface area contributed by atoms with Crippen LogP contribution in [0.3, 0.4) is 0 Å². The second-order valence-electron chi connectivity index (χ2n) is 4.64. The zero-order valence-electron chi connectivity index (χ0n) is 12.0. The summed E-state index contributed by atoms with van der Waals surface area (Å²) >= 11 is 0. The second kappa shape index (κ2) is 7.09. The Morgan fingerprint density at radius 3 is 2.00 bits per heavy atom. The lowest BCUT2D eigenvalue weighted by atomic mass is 10.2. The zero-order chi connectivity index (χ0) is 15.0. The number of aromatic nitrogens is 1. The van der Waals surface area contributed by atoms with Crippen molar-refractivity contribution in [2.45, 2.75) is 0 Å². The van der Waals surface area contributed by atoms with Gasteiger partial charge in [-0.3, -0.25) is 9.98 Å². The van der Waals surface area contributed by atoms with Gasteiger partial charge in [0.25, 0.3) is 0 Å². The third-order valence-corrected chi connectivity index (χ3v) is 3.03. The van der Waals surface area contributed by atoms with Crippen molar-refractivity contribution in [2.75, 3.05) is 0 Å². The molecule has 2 aromatic carbocycles. The van der Waals surface area contributed by atoms with Crippen LogP contribution in [0.2, 0.25) is 0 Å². The number of aliphatic imine (C=N–C) groups is 2. The molecule has 0 spiro atoms. The molecule has 3 heteroatoms. The smallest absolute Gasteiger partial charge is 0.108 e. The molecule has 1 aromatic heterocycles. The van der Waals surface area contributed by atoms with Crippen LogP contribution in [0.4, 0.5) is 11.4 Å². The van der Waals surface area contributed by atoms with Gasteiger partial charge in [-0.15, -0.1) is 0 Å². The molecule has 3 nitrogen and oxygen atoms in total. The Bertz CT molecular complexity index is 764. The Labute approximate surface area is 129 Å². The Morgan fingerprint density at radius 1 is 0.727 bits per heavy atom. The highest BCUT2D eigenvalue weighted by atomic mass is 14.8. The number of benzene rings is 2. The molecule has 106 valence electrons. The molecule has 0 fully saturated rings. The topological polar surface area (TPSA) is 37.6 Å². The predicted octanol–water partition coefficient (Wildman–Crippen LogP) is 4.60. The normalized spacial score (nSPS) is 11.7. The molecule has 0 aliphatic heterocycles. The fraction of sp³-hybridized carbons (Fsp3) is 0. The van der Waals surface area contributed by atoms with Crippen LogP contribution in [0.5, 0.6) is 0 Å². The first-order chi connectivity index (χ1) is 10.9. The summed E-state index contributed by atoms with van der Waals surface area (Å²) in [6.45, 7) is 0. The summed E-state index contributed by atoms with van der Waals surface area (Å²) in [5.41, 5.74) is 3.29. The molecule has 3 aromatic rings. The van der Waals surface area contributed by atoms with E-state index in [9.17, 15) is 0 Å². The van der Waals surface area contributed by atoms with Crippen molar-refractivity contribution in [2.24, 2.45) is 9.98 Å². The van der Waals surface area contributed by atoms with E-state index < -0.39 is 0 Å². The van der Waals surface area contributed by atoms with Gasteiger partial charge in [-0.05, 0) is 36.4 Å². The molecule has 0 bridgehead atoms. The van der Waals surface area contributed by atoms with Crippen LogP contribution in [-0.2, 0) is 0 Å². The van der Waals surface area contributed by atoms with Gasteiger partial charge >= 0.3 is 0 Å². The minimum atomic E-state index is 0.732. The Hall–Kier alpha value is -3.07. The van der Waals surface area contributed by atoms with Gasteiger partial charge in [0, 0.05) is 6.20 Å². The van der Waals surface area contributed by atoms with E-state index in [4.69, 9.17) is 0 Å². The van der Waals surface area contributed by atoms with Gasteiger partial charge in [0.2, 0.25) is 0 Å². The highest BCUT2D eigenvalue weighted by molar-refractivity contribution is 6.38. The number of hydrogen-bond acceptors (Lipinski definition) is 3. The lowest BCUT2D eigenvalue weighted by molar-refractivity contribution is 1.29. The molecule has 3 rings (SSSR count). The SMILES string of the molecule is C(=Nc1ccccc1)C(=Nc1ccccc1)c1ccccn1. The van der Waals surface area contributed by atoms with Crippen molar-refractivity contribution in [3.8, 4) is 0 Å². The zero-order valence-corrected chi connectivity index (χ0v) is 12.0. The summed E-state index contributed by atoms with van der Waals surface area (Å²) < 4.78 is 0. The molecule has 0 unspecified atom stereocenters. The molecule has 0 N–H and O–H groups in total. The lowest BCUT2D eigenvalue weighted by Gasteiger charge is -2.01. The first kappa shape index (κ1) is 13.9. The standard InChI is InChI=1S/C19H15N3/c1-3-9-16(10-4-1)21-15-19(18-13-7-8-14-20-18)22-17-11-5-2-6-12-17/h1-15H. The monoisotopic (exact) mass is 285 g/mol. The van der Waals surface area contributed by atoms with Crippen molar-refractivity contribution in [3.05, 3.63) is 90.8 Å². The number of nitrogens with zero attached hydrogens (tertiary/aromatic N) is 3. The van der Waals surface area contributed by atoms with Gasteiger partial charge in [0.1, 0.15) is 5.71 Å². The third-order valence-electron chi connectivity index (χ3n) is 3.03. The van der Waals surface area contributed by atoms with Crippen LogP contribution in [0.15, 0.2) is 95.0 Å². The Balaban J connectivity index is 1.97. The lowest BCUT2D eigenvalue weighted by Crippen LogP contribution is -2.04. The van der Waals surface area contributed by atoms with Crippen LogP contribution >= 0.6 is 0 Å². The summed E-state index contributed by atoms with van der Waals surface area (Å²) in [6.07, 6.45) is 3.51. The van der Waals surface area contributed by atoms with E-state index in [0.717, 1.165) is 22.8 Å². The molecule has 0 saturated heterocycles. The number of pyridine rings is 1. The molecule has 0 radical (unpaired) electrons. The maximum atomic E-state index is 4.65. The van der Waals surface area contributed by atoms with E-state index in [-0.39, 0.29) is 0 Å². The van der Waals surface area contributed by atoms with Crippen molar-refractivity contribution >= 4 is 23.3 Å². The molecule has 0 amide bonds. The van der Waals surface area contributed by atoms with E-state index in [1.807, 2.05) is 78.9 Å². The largest absolute Gasteiger partial charge is 0.255 e. The van der Waals surface area contributed by atoms with Gasteiger partial charge < -0.3 is 0 Å². The fourth-order valence-corrected chi connectivity index (χ4v) is 1.96. The van der Waals surface area contributed by atoms with Crippen LogP contribution < -0.4 is 0 Å². The maximum Gasteiger partial charge on any atom is 0.108 e. The summed E-state index contributed by atoms with van der Waals surface area (Å²) in [7, 11) is 0. The molecule has 0 saturated carbocycles. The van der Waals surface area contributed by atoms with Gasteiger partial charge in [0.15, 0.2) is 0 Å². The number of para-hydroxylation sites is 2. The van der Waals surface area contributed by atoms with Crippen molar-refractivity contribution < 1.29 is 0 Å². The van der Waals surface area contributed by atoms with Crippen LogP contribution in [0.25, 0.3) is 0 Å². The van der Waals surface area contributed by atoms with Gasteiger partial charge in [0.05, 0.1) is 23.3 Å². The molecular formula is C19H15N3. The van der Waals surface area contributed by atoms with Crippen molar-refractivity contribution in [3.63, 3.8) is 0 Å². The quantitative estimate of drug-likeness (QED) is 0.645. The highest BCUT2D eigenvalue weighted by Crippen LogP contribution is 2.13. The van der Waals surface area contributed by atoms with Gasteiger partial charge in [-0.25, -0.2) is 4.99 Å². The highest BCUT2D eigenvalue weighted by Gasteiger charge is 2.02. The second-order valence-corrected chi connectivity index (χ2v) is 4.64. The summed E-state index contributed by atoms with van der Waals surface area (Å²) in [4.78, 5) is 13.5. The van der Waals surface area contributed by atoms with Crippen molar-refractivity contribution in [1.82, 2.24) is 4.98 Å². The summed E-state index contributed by atoms with van der Waals surface area (Å²) in [6, 6.07) is 25.4. The molecule has 0 aliphatic carbocycles. The molecule has 0 aliphatic rings. The average Bonchev–Trinajstić information content (AvgIpc) is 2.61. The fourth-order valence-electron chi connectivity index (χ4n) is 1.96. The van der Waals surface area contributed by atoms with E-state index >= 15 is 0 Å². The third kappa shape index (κ3) is 3.73. The number of rotatable bonds is 4. The van der Waals surface area contributed by atoms with Crippen LogP contribution in [-0.4, -0.2) is 16.9 Å². The van der Waals surface area contributed by atoms with E-state index in [1.165, 1.54) is 0 Å². The van der Waals surface area contributed by atoms with Gasteiger partial charge in [-0.2, -0.15) is 0 Å². The maximum absolute atomic E-state index is 4.65. The predicted molar refractivity (Wildman–Crippen MR) is 91.5 cm³/mol. The van der Waals surface area contributed by atoms with E-state index in [1.54, 1.807) is 12.4 Å². The van der Waals surface area contributed by atoms with Crippen LogP contribution in [0, 0.1) is 0 Å². The number of hydrogen-bond donors (Lipinski definition) is 0. The van der Waals surface area contributed by atoms with E-state index in [2.05, 4.69) is 15.0 Å². The summed E-state index contributed by atoms with van der Waals surface area (Å²) in [5, 5.41) is 0. The summed E-state index contributed by atoms with van der Waals surface area (Å²) in [5.74, 6) is 0. The first-order valence-electron chi connectivity index (χ1n) is 7.06. The molecule has 1 heterocycles. The minimum Gasteiger partial charge on any atom is -0.255 e. The Kier molecular flexibility index (Phi) is 4.47. The average molecular weight is 285 g/mol. The van der Waals surface area contributed by atoms with Gasteiger partial charge in [-0.1, -0.05) is 42.5 Å². The Morgan fingerprint density at radius 2 is 1.36 bits per heavy atom. The van der Waals surface area contributed by atoms with E-state index in [0.29, 0.717) is 0 Å².